The van der Waals surface area contributed by atoms with Crippen molar-refractivity contribution in [2.75, 3.05) is 5.32 Å². The highest BCUT2D eigenvalue weighted by molar-refractivity contribution is 8.00. The maximum Gasteiger partial charge on any atom is 0.251 e. The van der Waals surface area contributed by atoms with Gasteiger partial charge in [0, 0.05) is 17.4 Å². The number of amides is 1. The summed E-state index contributed by atoms with van der Waals surface area (Å²) in [6, 6.07) is 9.01. The smallest absolute Gasteiger partial charge is 0.251 e. The maximum absolute atomic E-state index is 12.2. The number of hydrogen-bond acceptors (Lipinski definition) is 4. The zero-order valence-corrected chi connectivity index (χ0v) is 13.0. The molecule has 110 valence electrons. The van der Waals surface area contributed by atoms with E-state index in [1.807, 2.05) is 31.2 Å². The Labute approximate surface area is 127 Å². The Morgan fingerprint density at radius 3 is 2.71 bits per heavy atom. The summed E-state index contributed by atoms with van der Waals surface area (Å²) in [6.45, 7) is 5.46. The zero-order valence-electron chi connectivity index (χ0n) is 12.1. The van der Waals surface area contributed by atoms with E-state index in [0.717, 1.165) is 11.3 Å². The predicted molar refractivity (Wildman–Crippen MR) is 84.7 cm³/mol. The summed E-state index contributed by atoms with van der Waals surface area (Å²) in [5, 5.41) is 2.97. The first kappa shape index (κ1) is 15.3. The third kappa shape index (κ3) is 4.19. The van der Waals surface area contributed by atoms with Crippen molar-refractivity contribution in [1.82, 2.24) is 9.97 Å². The fraction of sp³-hybridized carbons (Fsp3) is 0.267. The molecule has 5 nitrogen and oxygen atoms in total. The van der Waals surface area contributed by atoms with Crippen LogP contribution in [0.2, 0.25) is 0 Å². The van der Waals surface area contributed by atoms with Crippen molar-refractivity contribution >= 4 is 23.4 Å². The quantitative estimate of drug-likeness (QED) is 0.672. The molecule has 2 rings (SSSR count). The van der Waals surface area contributed by atoms with E-state index in [0.29, 0.717) is 10.9 Å². The van der Waals surface area contributed by atoms with Crippen molar-refractivity contribution in [3.05, 3.63) is 51.9 Å². The first-order chi connectivity index (χ1) is 9.95. The number of H-pyrrole nitrogens is 1. The van der Waals surface area contributed by atoms with Gasteiger partial charge in [0.25, 0.3) is 5.56 Å². The topological polar surface area (TPSA) is 74.8 Å². The van der Waals surface area contributed by atoms with Crippen LogP contribution < -0.4 is 10.9 Å². The van der Waals surface area contributed by atoms with Crippen molar-refractivity contribution in [2.24, 2.45) is 0 Å². The lowest BCUT2D eigenvalue weighted by molar-refractivity contribution is -0.115. The third-order valence-corrected chi connectivity index (χ3v) is 3.89. The number of nitrogens with zero attached hydrogens (tertiary/aromatic N) is 1. The summed E-state index contributed by atoms with van der Waals surface area (Å²) < 4.78 is 0. The molecule has 0 aliphatic heterocycles. The van der Waals surface area contributed by atoms with Gasteiger partial charge in [0.15, 0.2) is 5.16 Å². The number of nitrogens with one attached hydrogen (secondary N) is 2. The number of para-hydroxylation sites is 1. The van der Waals surface area contributed by atoms with Crippen molar-refractivity contribution in [3.63, 3.8) is 0 Å². The minimum atomic E-state index is -0.366. The molecular weight excluding hydrogens is 286 g/mol. The second-order valence-electron chi connectivity index (χ2n) is 4.76. The van der Waals surface area contributed by atoms with E-state index in [9.17, 15) is 9.59 Å². The van der Waals surface area contributed by atoms with Crippen molar-refractivity contribution in [2.45, 2.75) is 31.2 Å². The number of thioether (sulfide) groups is 1. The molecule has 0 saturated carbocycles. The molecule has 1 aromatic heterocycles. The third-order valence-electron chi connectivity index (χ3n) is 2.91. The second kappa shape index (κ2) is 6.58. The lowest BCUT2D eigenvalue weighted by Gasteiger charge is -2.13. The Hall–Kier alpha value is -2.08. The van der Waals surface area contributed by atoms with E-state index in [1.54, 1.807) is 13.8 Å². The first-order valence-electron chi connectivity index (χ1n) is 6.57. The number of carbonyl (C=O) groups is 1. The van der Waals surface area contributed by atoms with Crippen molar-refractivity contribution in [1.29, 1.82) is 0 Å². The number of rotatable bonds is 4. The lowest BCUT2D eigenvalue weighted by Crippen LogP contribution is -2.23. The van der Waals surface area contributed by atoms with Crippen LogP contribution in [0.15, 0.2) is 40.3 Å². The van der Waals surface area contributed by atoms with Gasteiger partial charge in [-0.2, -0.15) is 0 Å². The first-order valence-corrected chi connectivity index (χ1v) is 7.45. The van der Waals surface area contributed by atoms with Gasteiger partial charge in [-0.05, 0) is 32.4 Å². The van der Waals surface area contributed by atoms with Crippen LogP contribution in [-0.4, -0.2) is 21.1 Å². The zero-order chi connectivity index (χ0) is 15.4. The molecule has 1 heterocycles. The molecule has 0 saturated heterocycles. The Morgan fingerprint density at radius 2 is 2.05 bits per heavy atom. The van der Waals surface area contributed by atoms with Crippen molar-refractivity contribution < 1.29 is 4.79 Å². The Kier molecular flexibility index (Phi) is 4.80. The summed E-state index contributed by atoms with van der Waals surface area (Å²) >= 11 is 1.23. The average molecular weight is 303 g/mol. The van der Waals surface area contributed by atoms with Crippen LogP contribution in [0.3, 0.4) is 0 Å². The van der Waals surface area contributed by atoms with Crippen LogP contribution in [0.1, 0.15) is 18.2 Å². The number of anilines is 1. The number of aromatic nitrogens is 2. The summed E-state index contributed by atoms with van der Waals surface area (Å²) in [7, 11) is 0. The van der Waals surface area contributed by atoms with E-state index in [4.69, 9.17) is 0 Å². The van der Waals surface area contributed by atoms with Gasteiger partial charge in [-0.15, -0.1) is 0 Å². The summed E-state index contributed by atoms with van der Waals surface area (Å²) in [4.78, 5) is 30.4. The van der Waals surface area contributed by atoms with E-state index < -0.39 is 0 Å². The number of carbonyl (C=O) groups excluding carboxylic acids is 1. The molecule has 0 radical (unpaired) electrons. The van der Waals surface area contributed by atoms with Crippen LogP contribution in [0.5, 0.6) is 0 Å². The standard InChI is InChI=1S/C15H17N3O2S/c1-9-6-4-5-7-12(9)17-14(20)11(3)21-15-16-10(2)8-13(19)18-15/h4-8,11H,1-3H3,(H,17,20)(H,16,18,19)/t11-/m0/s1. The molecule has 2 aromatic rings. The summed E-state index contributed by atoms with van der Waals surface area (Å²) in [5.41, 5.74) is 2.22. The lowest BCUT2D eigenvalue weighted by atomic mass is 10.2. The van der Waals surface area contributed by atoms with Gasteiger partial charge in [-0.1, -0.05) is 30.0 Å². The minimum Gasteiger partial charge on any atom is -0.325 e. The number of aryl methyl sites for hydroxylation is 2. The van der Waals surface area contributed by atoms with Crippen LogP contribution >= 0.6 is 11.8 Å². The fourth-order valence-electron chi connectivity index (χ4n) is 1.78. The van der Waals surface area contributed by atoms with Gasteiger partial charge < -0.3 is 10.3 Å². The normalized spacial score (nSPS) is 12.0. The fourth-order valence-corrected chi connectivity index (χ4v) is 2.63. The SMILES string of the molecule is Cc1cc(=O)[nH]c(S[C@@H](C)C(=O)Nc2ccccc2C)n1. The summed E-state index contributed by atoms with van der Waals surface area (Å²) in [6.07, 6.45) is 0. The Morgan fingerprint density at radius 1 is 1.33 bits per heavy atom. The molecular formula is C15H17N3O2S. The second-order valence-corrected chi connectivity index (χ2v) is 6.09. The van der Waals surface area contributed by atoms with Gasteiger partial charge in [0.05, 0.1) is 5.25 Å². The predicted octanol–water partition coefficient (Wildman–Crippen LogP) is 2.51. The van der Waals surface area contributed by atoms with Gasteiger partial charge in [0.2, 0.25) is 5.91 Å². The van der Waals surface area contributed by atoms with E-state index >= 15 is 0 Å². The molecule has 0 aliphatic rings. The Bertz CT molecular complexity index is 712. The largest absolute Gasteiger partial charge is 0.325 e. The molecule has 1 amide bonds. The monoisotopic (exact) mass is 303 g/mol. The van der Waals surface area contributed by atoms with Crippen LogP contribution in [0, 0.1) is 13.8 Å². The van der Waals surface area contributed by atoms with E-state index in [2.05, 4.69) is 15.3 Å². The summed E-state index contributed by atoms with van der Waals surface area (Å²) in [5.74, 6) is -0.126. The number of hydrogen-bond donors (Lipinski definition) is 2. The molecule has 0 aliphatic carbocycles. The molecule has 0 bridgehead atoms. The van der Waals surface area contributed by atoms with E-state index in [-0.39, 0.29) is 16.7 Å². The van der Waals surface area contributed by atoms with Crippen LogP contribution in [0.4, 0.5) is 5.69 Å². The van der Waals surface area contributed by atoms with Crippen LogP contribution in [-0.2, 0) is 4.79 Å². The average Bonchev–Trinajstić information content (AvgIpc) is 2.40. The highest BCUT2D eigenvalue weighted by atomic mass is 32.2. The van der Waals surface area contributed by atoms with Gasteiger partial charge >= 0.3 is 0 Å². The maximum atomic E-state index is 12.2. The van der Waals surface area contributed by atoms with Gasteiger partial charge in [-0.3, -0.25) is 9.59 Å². The molecule has 1 aromatic carbocycles. The number of benzene rings is 1. The number of aromatic amines is 1. The molecule has 21 heavy (non-hydrogen) atoms. The minimum absolute atomic E-state index is 0.126. The van der Waals surface area contributed by atoms with Gasteiger partial charge in [-0.25, -0.2) is 4.98 Å². The van der Waals surface area contributed by atoms with Gasteiger partial charge in [0.1, 0.15) is 0 Å². The van der Waals surface area contributed by atoms with Crippen LogP contribution in [0.25, 0.3) is 0 Å². The Balaban J connectivity index is 2.06. The van der Waals surface area contributed by atoms with Crippen molar-refractivity contribution in [3.8, 4) is 0 Å². The van der Waals surface area contributed by atoms with E-state index in [1.165, 1.54) is 17.8 Å². The molecule has 0 fully saturated rings. The molecule has 0 unspecified atom stereocenters. The molecule has 1 atom stereocenters. The molecule has 2 N–H and O–H groups in total. The highest BCUT2D eigenvalue weighted by Gasteiger charge is 2.16. The highest BCUT2D eigenvalue weighted by Crippen LogP contribution is 2.21. The molecule has 6 heteroatoms. The molecule has 0 spiro atoms.